The zero-order chi connectivity index (χ0) is 23.3. The fourth-order valence-corrected chi connectivity index (χ4v) is 4.67. The summed E-state index contributed by atoms with van der Waals surface area (Å²) in [7, 11) is 0. The van der Waals surface area contributed by atoms with Crippen LogP contribution in [0.25, 0.3) is 22.3 Å². The molecule has 0 radical (unpaired) electrons. The number of unbranched alkanes of at least 4 members (excludes halogenated alkanes) is 1. The summed E-state index contributed by atoms with van der Waals surface area (Å²) >= 11 is 0. The Labute approximate surface area is 190 Å². The largest absolute Gasteiger partial charge is 0.508 e. The fourth-order valence-electron chi connectivity index (χ4n) is 4.67. The number of nitrogens with zero attached hydrogens (tertiary/aromatic N) is 2. The number of hydrogen-bond acceptors (Lipinski definition) is 7. The minimum absolute atomic E-state index is 0.0976. The number of rotatable bonds is 6. The monoisotopic (exact) mass is 450 g/mol. The fraction of sp³-hybridized carbons (Fsp3) is 0.400. The molecule has 8 heteroatoms. The summed E-state index contributed by atoms with van der Waals surface area (Å²) in [5.41, 5.74) is 1.80. The molecule has 0 saturated carbocycles. The van der Waals surface area contributed by atoms with E-state index in [-0.39, 0.29) is 30.9 Å². The minimum atomic E-state index is -1.85. The molecule has 172 valence electrons. The first-order valence-electron chi connectivity index (χ1n) is 11.3. The molecule has 3 aromatic rings. The van der Waals surface area contributed by atoms with Crippen molar-refractivity contribution in [2.75, 3.05) is 6.61 Å². The summed E-state index contributed by atoms with van der Waals surface area (Å²) < 4.78 is 12.5. The zero-order valence-electron chi connectivity index (χ0n) is 18.7. The number of cyclic esters (lactones) is 1. The number of benzene rings is 1. The van der Waals surface area contributed by atoms with E-state index in [1.54, 1.807) is 29.7 Å². The van der Waals surface area contributed by atoms with Crippen molar-refractivity contribution in [3.63, 3.8) is 0 Å². The second kappa shape index (κ2) is 7.97. The first-order chi connectivity index (χ1) is 15.9. The molecule has 33 heavy (non-hydrogen) atoms. The van der Waals surface area contributed by atoms with Crippen LogP contribution in [0.5, 0.6) is 5.75 Å². The summed E-state index contributed by atoms with van der Waals surface area (Å²) in [6.45, 7) is 4.80. The van der Waals surface area contributed by atoms with Crippen LogP contribution in [0, 0.1) is 0 Å². The molecular weight excluding hydrogens is 424 g/mol. The predicted octanol–water partition coefficient (Wildman–Crippen LogP) is 3.10. The number of aromatic nitrogens is 2. The molecule has 0 bridgehead atoms. The number of aromatic hydroxyl groups is 1. The Morgan fingerprint density at radius 2 is 2.06 bits per heavy atom. The van der Waals surface area contributed by atoms with E-state index in [1.807, 2.05) is 6.07 Å². The number of pyridine rings is 2. The molecule has 1 atom stereocenters. The van der Waals surface area contributed by atoms with Crippen LogP contribution in [-0.2, 0) is 39.6 Å². The predicted molar refractivity (Wildman–Crippen MR) is 121 cm³/mol. The molecule has 2 aromatic heterocycles. The third-order valence-electron chi connectivity index (χ3n) is 6.67. The Kier molecular flexibility index (Phi) is 5.22. The molecule has 2 aliphatic heterocycles. The van der Waals surface area contributed by atoms with Gasteiger partial charge in [0, 0.05) is 28.7 Å². The number of carbonyl (C=O) groups is 1. The van der Waals surface area contributed by atoms with Gasteiger partial charge >= 0.3 is 5.97 Å². The third-order valence-corrected chi connectivity index (χ3v) is 6.67. The van der Waals surface area contributed by atoms with Crippen molar-refractivity contribution in [1.82, 2.24) is 9.55 Å². The third kappa shape index (κ3) is 3.24. The van der Waals surface area contributed by atoms with E-state index in [4.69, 9.17) is 14.5 Å². The number of phenols is 1. The van der Waals surface area contributed by atoms with E-state index < -0.39 is 11.6 Å². The Morgan fingerprint density at radius 3 is 2.82 bits per heavy atom. The number of esters is 1. The van der Waals surface area contributed by atoms with Gasteiger partial charge in [-0.3, -0.25) is 4.79 Å². The number of fused-ring (bicyclic) bond motifs is 5. The highest BCUT2D eigenvalue weighted by Crippen LogP contribution is 2.39. The van der Waals surface area contributed by atoms with Crippen LogP contribution in [0.4, 0.5) is 0 Å². The summed E-state index contributed by atoms with van der Waals surface area (Å²) in [6, 6.07) is 6.97. The van der Waals surface area contributed by atoms with Crippen LogP contribution in [0.3, 0.4) is 0 Å². The lowest BCUT2D eigenvalue weighted by Gasteiger charge is -2.31. The second-order valence-electron chi connectivity index (χ2n) is 8.64. The van der Waals surface area contributed by atoms with Crippen LogP contribution in [0.2, 0.25) is 0 Å². The van der Waals surface area contributed by atoms with Crippen LogP contribution >= 0.6 is 0 Å². The molecule has 0 saturated heterocycles. The lowest BCUT2D eigenvalue weighted by atomic mass is 9.86. The quantitative estimate of drug-likeness (QED) is 0.343. The maximum Gasteiger partial charge on any atom is 0.343 e. The Bertz CT molecular complexity index is 1350. The van der Waals surface area contributed by atoms with Gasteiger partial charge in [-0.15, -0.1) is 0 Å². The van der Waals surface area contributed by atoms with Gasteiger partial charge < -0.3 is 24.3 Å². The highest BCUT2D eigenvalue weighted by atomic mass is 16.6. The second-order valence-corrected chi connectivity index (χ2v) is 8.64. The molecule has 0 unspecified atom stereocenters. The number of carbonyl (C=O) groups excluding carboxylic acids is 1. The molecule has 0 aliphatic carbocycles. The van der Waals surface area contributed by atoms with Crippen LogP contribution < -0.4 is 5.56 Å². The van der Waals surface area contributed by atoms with Gasteiger partial charge in [0.25, 0.3) is 5.56 Å². The molecule has 2 aliphatic rings. The average molecular weight is 450 g/mol. The number of hydrogen-bond donors (Lipinski definition) is 2. The average Bonchev–Trinajstić information content (AvgIpc) is 3.17. The molecule has 0 spiro atoms. The number of aliphatic hydroxyl groups is 1. The first-order valence-corrected chi connectivity index (χ1v) is 11.3. The topological polar surface area (TPSA) is 111 Å². The molecule has 0 fully saturated rings. The summed E-state index contributed by atoms with van der Waals surface area (Å²) in [6.07, 6.45) is 2.07. The van der Waals surface area contributed by atoms with Crippen molar-refractivity contribution in [3.8, 4) is 17.1 Å². The summed E-state index contributed by atoms with van der Waals surface area (Å²) in [5.74, 6) is -0.595. The van der Waals surface area contributed by atoms with E-state index in [0.29, 0.717) is 46.7 Å². The van der Waals surface area contributed by atoms with E-state index in [0.717, 1.165) is 23.8 Å². The van der Waals surface area contributed by atoms with Gasteiger partial charge in [0.1, 0.15) is 12.4 Å². The summed E-state index contributed by atoms with van der Waals surface area (Å²) in [5, 5.41) is 22.2. The van der Waals surface area contributed by atoms with Crippen molar-refractivity contribution in [1.29, 1.82) is 0 Å². The SMILES string of the molecule is CCCCOCc1c(O)ccc2nc3c(cc12)Cn1c-3cc2c(c1=O)COC(=O)[C@]2(O)CC. The van der Waals surface area contributed by atoms with Crippen LogP contribution in [0.15, 0.2) is 29.1 Å². The molecular formula is C25H26N2O6. The summed E-state index contributed by atoms with van der Waals surface area (Å²) in [4.78, 5) is 30.4. The van der Waals surface area contributed by atoms with Gasteiger partial charge in [-0.1, -0.05) is 20.3 Å². The maximum absolute atomic E-state index is 13.3. The molecule has 2 N–H and O–H groups in total. The Balaban J connectivity index is 1.64. The van der Waals surface area contributed by atoms with Gasteiger partial charge in [-0.05, 0) is 37.1 Å². The van der Waals surface area contributed by atoms with Crippen LogP contribution in [0.1, 0.15) is 55.4 Å². The molecule has 8 nitrogen and oxygen atoms in total. The minimum Gasteiger partial charge on any atom is -0.508 e. The van der Waals surface area contributed by atoms with Gasteiger partial charge in [0.05, 0.1) is 35.6 Å². The first kappa shape index (κ1) is 21.6. The highest BCUT2D eigenvalue weighted by molar-refractivity contribution is 5.89. The normalized spacial score (nSPS) is 18.7. The van der Waals surface area contributed by atoms with Gasteiger partial charge in [-0.2, -0.15) is 0 Å². The lowest BCUT2D eigenvalue weighted by molar-refractivity contribution is -0.172. The number of phenolic OH excluding ortho intramolecular Hbond substituents is 1. The Hall–Kier alpha value is -3.23. The standard InChI is InChI=1S/C25H26N2O6/c1-3-5-8-32-12-16-15-9-14-11-27-20(22(14)26-19(15)6-7-21(16)28)10-18-17(23(27)29)13-33-24(30)25(18,31)4-2/h6-7,9-10,28,31H,3-5,8,11-13H2,1-2H3/t25-/m0/s1. The highest BCUT2D eigenvalue weighted by Gasteiger charge is 2.45. The lowest BCUT2D eigenvalue weighted by Crippen LogP contribution is -2.44. The van der Waals surface area contributed by atoms with Gasteiger partial charge in [0.2, 0.25) is 0 Å². The van der Waals surface area contributed by atoms with Crippen molar-refractivity contribution in [3.05, 3.63) is 56.9 Å². The van der Waals surface area contributed by atoms with Crippen molar-refractivity contribution in [2.45, 2.75) is 58.5 Å². The van der Waals surface area contributed by atoms with E-state index >= 15 is 0 Å². The zero-order valence-corrected chi connectivity index (χ0v) is 18.7. The van der Waals surface area contributed by atoms with Gasteiger partial charge in [0.15, 0.2) is 5.60 Å². The molecule has 1 aromatic carbocycles. The van der Waals surface area contributed by atoms with Crippen LogP contribution in [-0.4, -0.2) is 32.3 Å². The van der Waals surface area contributed by atoms with Crippen molar-refractivity contribution >= 4 is 16.9 Å². The van der Waals surface area contributed by atoms with Gasteiger partial charge in [-0.25, -0.2) is 9.78 Å². The smallest absolute Gasteiger partial charge is 0.343 e. The maximum atomic E-state index is 13.3. The van der Waals surface area contributed by atoms with Crippen molar-refractivity contribution < 1.29 is 24.5 Å². The van der Waals surface area contributed by atoms with Crippen molar-refractivity contribution in [2.24, 2.45) is 0 Å². The van der Waals surface area contributed by atoms with E-state index in [2.05, 4.69) is 6.92 Å². The number of ether oxygens (including phenoxy) is 2. The molecule has 4 heterocycles. The molecule has 5 rings (SSSR count). The van der Waals surface area contributed by atoms with E-state index in [9.17, 15) is 19.8 Å². The molecule has 0 amide bonds. The Morgan fingerprint density at radius 1 is 1.24 bits per heavy atom. The van der Waals surface area contributed by atoms with E-state index in [1.165, 1.54) is 0 Å².